The minimum absolute atomic E-state index is 0.294. The number of benzene rings is 1. The van der Waals surface area contributed by atoms with Crippen molar-refractivity contribution in [3.63, 3.8) is 0 Å². The van der Waals surface area contributed by atoms with Crippen molar-refractivity contribution < 1.29 is 4.74 Å². The van der Waals surface area contributed by atoms with Gasteiger partial charge in [0.2, 0.25) is 5.88 Å². The van der Waals surface area contributed by atoms with Crippen LogP contribution in [0.5, 0.6) is 11.6 Å². The third-order valence-electron chi connectivity index (χ3n) is 2.65. The number of hydrogen-bond acceptors (Lipinski definition) is 3. The molecule has 1 aromatic heterocycles. The summed E-state index contributed by atoms with van der Waals surface area (Å²) in [6, 6.07) is 7.78. The van der Waals surface area contributed by atoms with Gasteiger partial charge in [-0.15, -0.1) is 0 Å². The standard InChI is InChI=1S/C13H15N3OS/c1-8-4-6-10(7-5-8)17-13-11(12(14)18)9(2)15-16(13)3/h4-7H,1-3H3,(H2,14,18). The van der Waals surface area contributed by atoms with Gasteiger partial charge < -0.3 is 10.5 Å². The highest BCUT2D eigenvalue weighted by Crippen LogP contribution is 2.27. The number of nitrogens with zero attached hydrogens (tertiary/aromatic N) is 2. The minimum Gasteiger partial charge on any atom is -0.439 e. The lowest BCUT2D eigenvalue weighted by atomic mass is 10.2. The molecular weight excluding hydrogens is 246 g/mol. The van der Waals surface area contributed by atoms with Crippen LogP contribution in [0.2, 0.25) is 0 Å². The van der Waals surface area contributed by atoms with E-state index in [1.165, 1.54) is 5.56 Å². The molecule has 2 aromatic rings. The summed E-state index contributed by atoms with van der Waals surface area (Å²) in [7, 11) is 1.80. The quantitative estimate of drug-likeness (QED) is 0.862. The molecule has 2 rings (SSSR count). The van der Waals surface area contributed by atoms with Crippen LogP contribution in [0.1, 0.15) is 16.8 Å². The van der Waals surface area contributed by atoms with Crippen molar-refractivity contribution in [2.75, 3.05) is 0 Å². The van der Waals surface area contributed by atoms with E-state index in [1.54, 1.807) is 11.7 Å². The summed E-state index contributed by atoms with van der Waals surface area (Å²) in [6.07, 6.45) is 0. The number of thiocarbonyl (C=S) groups is 1. The molecule has 0 amide bonds. The van der Waals surface area contributed by atoms with E-state index in [1.807, 2.05) is 38.1 Å². The van der Waals surface area contributed by atoms with Crippen LogP contribution in [0.4, 0.5) is 0 Å². The Balaban J connectivity index is 2.39. The van der Waals surface area contributed by atoms with Gasteiger partial charge in [-0.3, -0.25) is 0 Å². The molecule has 18 heavy (non-hydrogen) atoms. The molecule has 0 aliphatic heterocycles. The number of ether oxygens (including phenoxy) is 1. The molecule has 0 bridgehead atoms. The van der Waals surface area contributed by atoms with Gasteiger partial charge in [0.05, 0.1) is 11.3 Å². The van der Waals surface area contributed by atoms with Gasteiger partial charge in [0.15, 0.2) is 0 Å². The van der Waals surface area contributed by atoms with Gasteiger partial charge in [0, 0.05) is 7.05 Å². The van der Waals surface area contributed by atoms with Crippen molar-refractivity contribution in [2.45, 2.75) is 13.8 Å². The first-order valence-corrected chi connectivity index (χ1v) is 5.98. The van der Waals surface area contributed by atoms with Crippen LogP contribution >= 0.6 is 12.2 Å². The van der Waals surface area contributed by atoms with E-state index in [4.69, 9.17) is 22.7 Å². The van der Waals surface area contributed by atoms with E-state index in [2.05, 4.69) is 5.10 Å². The summed E-state index contributed by atoms with van der Waals surface area (Å²) < 4.78 is 7.45. The summed E-state index contributed by atoms with van der Waals surface area (Å²) in [6.45, 7) is 3.88. The molecule has 5 heteroatoms. The summed E-state index contributed by atoms with van der Waals surface area (Å²) in [5, 5.41) is 4.27. The van der Waals surface area contributed by atoms with Gasteiger partial charge in [-0.05, 0) is 26.0 Å². The highest BCUT2D eigenvalue weighted by molar-refractivity contribution is 7.80. The first-order valence-electron chi connectivity index (χ1n) is 5.57. The molecule has 94 valence electrons. The summed E-state index contributed by atoms with van der Waals surface area (Å²) in [5.74, 6) is 1.31. The van der Waals surface area contributed by atoms with Crippen LogP contribution in [0, 0.1) is 13.8 Å². The fourth-order valence-corrected chi connectivity index (χ4v) is 1.99. The summed E-state index contributed by atoms with van der Waals surface area (Å²) >= 11 is 5.03. The molecule has 0 saturated carbocycles. The number of hydrogen-bond donors (Lipinski definition) is 1. The predicted octanol–water partition coefficient (Wildman–Crippen LogP) is 2.46. The Labute approximate surface area is 111 Å². The van der Waals surface area contributed by atoms with Crippen LogP contribution in [0.25, 0.3) is 0 Å². The first-order chi connectivity index (χ1) is 8.49. The van der Waals surface area contributed by atoms with Crippen molar-refractivity contribution in [3.05, 3.63) is 41.1 Å². The number of nitrogens with two attached hydrogens (primary N) is 1. The second-order valence-electron chi connectivity index (χ2n) is 4.17. The molecule has 0 aliphatic rings. The highest BCUT2D eigenvalue weighted by Gasteiger charge is 2.17. The average molecular weight is 261 g/mol. The average Bonchev–Trinajstić information content (AvgIpc) is 2.57. The number of aromatic nitrogens is 2. The molecule has 1 aromatic carbocycles. The Kier molecular flexibility index (Phi) is 3.34. The third-order valence-corrected chi connectivity index (χ3v) is 2.86. The fraction of sp³-hybridized carbons (Fsp3) is 0.231. The van der Waals surface area contributed by atoms with Crippen LogP contribution in [-0.4, -0.2) is 14.8 Å². The van der Waals surface area contributed by atoms with E-state index in [9.17, 15) is 0 Å². The van der Waals surface area contributed by atoms with Crippen molar-refractivity contribution in [2.24, 2.45) is 12.8 Å². The Morgan fingerprint density at radius 1 is 1.28 bits per heavy atom. The highest BCUT2D eigenvalue weighted by atomic mass is 32.1. The lowest BCUT2D eigenvalue weighted by Gasteiger charge is -2.08. The molecule has 0 spiro atoms. The Morgan fingerprint density at radius 3 is 2.44 bits per heavy atom. The molecule has 0 radical (unpaired) electrons. The second-order valence-corrected chi connectivity index (χ2v) is 4.61. The van der Waals surface area contributed by atoms with Crippen LogP contribution in [-0.2, 0) is 7.05 Å². The molecule has 4 nitrogen and oxygen atoms in total. The van der Waals surface area contributed by atoms with Crippen molar-refractivity contribution >= 4 is 17.2 Å². The molecule has 0 fully saturated rings. The minimum atomic E-state index is 0.294. The lowest BCUT2D eigenvalue weighted by molar-refractivity contribution is 0.430. The number of aryl methyl sites for hydroxylation is 3. The zero-order chi connectivity index (χ0) is 13.3. The molecule has 0 unspecified atom stereocenters. The first kappa shape index (κ1) is 12.6. The van der Waals surface area contributed by atoms with Gasteiger partial charge in [0.1, 0.15) is 10.7 Å². The second kappa shape index (κ2) is 4.78. The predicted molar refractivity (Wildman–Crippen MR) is 75.1 cm³/mol. The fourth-order valence-electron chi connectivity index (χ4n) is 1.76. The van der Waals surface area contributed by atoms with Gasteiger partial charge in [-0.1, -0.05) is 29.9 Å². The zero-order valence-corrected chi connectivity index (χ0v) is 11.4. The van der Waals surface area contributed by atoms with E-state index in [-0.39, 0.29) is 0 Å². The maximum absolute atomic E-state index is 5.81. The molecular formula is C13H15N3OS. The van der Waals surface area contributed by atoms with Crippen LogP contribution in [0.15, 0.2) is 24.3 Å². The zero-order valence-electron chi connectivity index (χ0n) is 10.6. The van der Waals surface area contributed by atoms with Crippen molar-refractivity contribution in [3.8, 4) is 11.6 Å². The van der Waals surface area contributed by atoms with Gasteiger partial charge in [0.25, 0.3) is 0 Å². The largest absolute Gasteiger partial charge is 0.439 e. The maximum Gasteiger partial charge on any atom is 0.228 e. The number of rotatable bonds is 3. The molecule has 0 atom stereocenters. The Hall–Kier alpha value is -1.88. The summed E-state index contributed by atoms with van der Waals surface area (Å²) in [4.78, 5) is 0.294. The molecule has 2 N–H and O–H groups in total. The van der Waals surface area contributed by atoms with Crippen molar-refractivity contribution in [1.29, 1.82) is 0 Å². The van der Waals surface area contributed by atoms with E-state index in [0.717, 1.165) is 11.4 Å². The van der Waals surface area contributed by atoms with E-state index in [0.29, 0.717) is 16.4 Å². The monoisotopic (exact) mass is 261 g/mol. The third kappa shape index (κ3) is 2.36. The van der Waals surface area contributed by atoms with Crippen LogP contribution in [0.3, 0.4) is 0 Å². The molecule has 0 saturated heterocycles. The molecule has 0 aliphatic carbocycles. The van der Waals surface area contributed by atoms with Crippen LogP contribution < -0.4 is 10.5 Å². The topological polar surface area (TPSA) is 53.1 Å². The maximum atomic E-state index is 5.81. The smallest absolute Gasteiger partial charge is 0.228 e. The van der Waals surface area contributed by atoms with Gasteiger partial charge in [-0.25, -0.2) is 4.68 Å². The Morgan fingerprint density at radius 2 is 1.89 bits per heavy atom. The lowest BCUT2D eigenvalue weighted by Crippen LogP contribution is -2.11. The van der Waals surface area contributed by atoms with Gasteiger partial charge in [-0.2, -0.15) is 5.10 Å². The normalized spacial score (nSPS) is 10.4. The van der Waals surface area contributed by atoms with E-state index >= 15 is 0 Å². The Bertz CT molecular complexity index is 587. The summed E-state index contributed by atoms with van der Waals surface area (Å²) in [5.41, 5.74) is 8.34. The van der Waals surface area contributed by atoms with Gasteiger partial charge >= 0.3 is 0 Å². The SMILES string of the molecule is Cc1ccc(Oc2c(C(N)=S)c(C)nn2C)cc1. The molecule has 1 heterocycles. The van der Waals surface area contributed by atoms with Crippen molar-refractivity contribution in [1.82, 2.24) is 9.78 Å². The van der Waals surface area contributed by atoms with E-state index < -0.39 is 0 Å².